The van der Waals surface area contributed by atoms with Crippen LogP contribution in [0, 0.1) is 0 Å². The summed E-state index contributed by atoms with van der Waals surface area (Å²) < 4.78 is 16.8. The fourth-order valence-electron chi connectivity index (χ4n) is 2.55. The maximum Gasteiger partial charge on any atom is 0.205 e. The predicted molar refractivity (Wildman–Crippen MR) is 103 cm³/mol. The maximum atomic E-state index is 6.01. The number of anilines is 2. The minimum absolute atomic E-state index is 0.473. The molecule has 8 nitrogen and oxygen atoms in total. The fraction of sp³-hybridized carbons (Fsp3) is 0.412. The number of nitrogens with zero attached hydrogens (tertiary/aromatic N) is 3. The molecule has 1 saturated heterocycles. The third kappa shape index (κ3) is 5.07. The summed E-state index contributed by atoms with van der Waals surface area (Å²) >= 11 is 1.39. The van der Waals surface area contributed by atoms with E-state index in [2.05, 4.69) is 20.4 Å². The van der Waals surface area contributed by atoms with E-state index in [0.29, 0.717) is 29.1 Å². The number of rotatable bonds is 8. The highest BCUT2D eigenvalue weighted by molar-refractivity contribution is 7.14. The predicted octanol–water partition coefficient (Wildman–Crippen LogP) is 1.89. The molecule has 3 N–H and O–H groups in total. The summed E-state index contributed by atoms with van der Waals surface area (Å²) in [6.07, 6.45) is 1.68. The number of nitrogen functional groups attached to an aromatic ring is 1. The molecule has 0 bridgehead atoms. The molecule has 1 aliphatic heterocycles. The number of aromatic nitrogens is 1. The molecule has 0 aliphatic carbocycles. The number of nitrogens with two attached hydrogens (primary N) is 1. The Morgan fingerprint density at radius 3 is 3.00 bits per heavy atom. The molecule has 3 rings (SSSR count). The molecule has 0 saturated carbocycles. The van der Waals surface area contributed by atoms with Crippen LogP contribution in [0.2, 0.25) is 0 Å². The second-order valence-electron chi connectivity index (χ2n) is 5.63. The lowest BCUT2D eigenvalue weighted by molar-refractivity contribution is 0.0321. The summed E-state index contributed by atoms with van der Waals surface area (Å²) in [5.74, 6) is 1.82. The Bertz CT molecular complexity index is 731. The number of nitrogens with one attached hydrogen (secondary N) is 1. The van der Waals surface area contributed by atoms with Crippen LogP contribution in [0.4, 0.5) is 10.9 Å². The van der Waals surface area contributed by atoms with Crippen molar-refractivity contribution in [2.75, 3.05) is 57.7 Å². The first-order chi connectivity index (χ1) is 12.8. The van der Waals surface area contributed by atoms with Gasteiger partial charge in [0.2, 0.25) is 5.13 Å². The average Bonchev–Trinajstić information content (AvgIpc) is 3.08. The third-order valence-electron chi connectivity index (χ3n) is 3.87. The van der Waals surface area contributed by atoms with Gasteiger partial charge in [-0.2, -0.15) is 5.10 Å². The van der Waals surface area contributed by atoms with Crippen molar-refractivity contribution >= 4 is 28.5 Å². The number of thiazole rings is 1. The number of hydrogen-bond donors (Lipinski definition) is 2. The molecular formula is C17H23N5O3S. The van der Waals surface area contributed by atoms with Crippen LogP contribution in [0.3, 0.4) is 0 Å². The zero-order chi connectivity index (χ0) is 18.2. The summed E-state index contributed by atoms with van der Waals surface area (Å²) in [5, 5.41) is 6.60. The number of morpholine rings is 1. The van der Waals surface area contributed by atoms with E-state index in [1.807, 2.05) is 18.2 Å². The van der Waals surface area contributed by atoms with E-state index in [4.69, 9.17) is 19.9 Å². The van der Waals surface area contributed by atoms with Gasteiger partial charge < -0.3 is 19.9 Å². The molecule has 0 atom stereocenters. The zero-order valence-corrected chi connectivity index (χ0v) is 15.5. The average molecular weight is 377 g/mol. The van der Waals surface area contributed by atoms with E-state index in [0.717, 1.165) is 38.4 Å². The van der Waals surface area contributed by atoms with Crippen molar-refractivity contribution in [1.82, 2.24) is 9.88 Å². The molecular weight excluding hydrogens is 354 g/mol. The normalized spacial score (nSPS) is 15.3. The summed E-state index contributed by atoms with van der Waals surface area (Å²) in [5.41, 5.74) is 9.29. The van der Waals surface area contributed by atoms with Gasteiger partial charge in [-0.05, 0) is 12.1 Å². The van der Waals surface area contributed by atoms with Crippen molar-refractivity contribution in [1.29, 1.82) is 0 Å². The first-order valence-electron chi connectivity index (χ1n) is 8.36. The lowest BCUT2D eigenvalue weighted by Gasteiger charge is -2.26. The molecule has 0 radical (unpaired) electrons. The monoisotopic (exact) mass is 377 g/mol. The van der Waals surface area contributed by atoms with Gasteiger partial charge in [0.1, 0.15) is 12.4 Å². The van der Waals surface area contributed by atoms with Gasteiger partial charge in [-0.3, -0.25) is 10.3 Å². The molecule has 1 fully saturated rings. The van der Waals surface area contributed by atoms with Crippen LogP contribution in [0.15, 0.2) is 28.7 Å². The summed E-state index contributed by atoms with van der Waals surface area (Å²) in [6.45, 7) is 4.83. The molecule has 1 aliphatic rings. The van der Waals surface area contributed by atoms with Crippen molar-refractivity contribution in [3.63, 3.8) is 0 Å². The Balaban J connectivity index is 1.62. The minimum atomic E-state index is 0.473. The zero-order valence-electron chi connectivity index (χ0n) is 14.7. The van der Waals surface area contributed by atoms with E-state index >= 15 is 0 Å². The van der Waals surface area contributed by atoms with Gasteiger partial charge in [0.05, 0.1) is 26.5 Å². The van der Waals surface area contributed by atoms with E-state index in [9.17, 15) is 0 Å². The van der Waals surface area contributed by atoms with Gasteiger partial charge in [0.15, 0.2) is 11.5 Å². The number of ether oxygens (including phenoxy) is 3. The first kappa shape index (κ1) is 18.4. The van der Waals surface area contributed by atoms with Crippen molar-refractivity contribution in [3.05, 3.63) is 29.1 Å². The van der Waals surface area contributed by atoms with Crippen LogP contribution >= 0.6 is 11.3 Å². The Morgan fingerprint density at radius 1 is 1.42 bits per heavy atom. The van der Waals surface area contributed by atoms with Crippen LogP contribution in [0.5, 0.6) is 11.5 Å². The number of hydrazone groups is 1. The van der Waals surface area contributed by atoms with Crippen LogP contribution in [0.25, 0.3) is 0 Å². The SMILES string of the molecule is COc1cccc(C=NNc2nc(N)cs2)c1OCCN1CCOCC1. The Morgan fingerprint density at radius 2 is 2.27 bits per heavy atom. The Kier molecular flexibility index (Phi) is 6.64. The van der Waals surface area contributed by atoms with Gasteiger partial charge in [0, 0.05) is 30.6 Å². The molecule has 1 aromatic carbocycles. The van der Waals surface area contributed by atoms with Gasteiger partial charge >= 0.3 is 0 Å². The van der Waals surface area contributed by atoms with Crippen molar-refractivity contribution in [3.8, 4) is 11.5 Å². The lowest BCUT2D eigenvalue weighted by Crippen LogP contribution is -2.38. The second kappa shape index (κ2) is 9.37. The number of methoxy groups -OCH3 is 1. The van der Waals surface area contributed by atoms with E-state index in [-0.39, 0.29) is 0 Å². The van der Waals surface area contributed by atoms with Crippen molar-refractivity contribution < 1.29 is 14.2 Å². The summed E-state index contributed by atoms with van der Waals surface area (Å²) in [4.78, 5) is 6.42. The standard InChI is InChI=1S/C17H23N5O3S/c1-23-14-4-2-3-13(11-19-21-17-20-15(18)12-26-17)16(14)25-10-7-22-5-8-24-9-6-22/h2-4,11-12H,5-10,18H2,1H3,(H,20,21). The minimum Gasteiger partial charge on any atom is -0.493 e. The smallest absolute Gasteiger partial charge is 0.205 e. The van der Waals surface area contributed by atoms with E-state index < -0.39 is 0 Å². The van der Waals surface area contributed by atoms with Gasteiger partial charge in [0.25, 0.3) is 0 Å². The van der Waals surface area contributed by atoms with Crippen molar-refractivity contribution in [2.24, 2.45) is 5.10 Å². The second-order valence-corrected chi connectivity index (χ2v) is 6.49. The molecule has 2 heterocycles. The number of benzene rings is 1. The molecule has 0 amide bonds. The van der Waals surface area contributed by atoms with Gasteiger partial charge in [-0.1, -0.05) is 6.07 Å². The van der Waals surface area contributed by atoms with Crippen LogP contribution in [-0.2, 0) is 4.74 Å². The molecule has 26 heavy (non-hydrogen) atoms. The van der Waals surface area contributed by atoms with E-state index in [1.165, 1.54) is 11.3 Å². The highest BCUT2D eigenvalue weighted by atomic mass is 32.1. The number of hydrogen-bond acceptors (Lipinski definition) is 9. The molecule has 140 valence electrons. The van der Waals surface area contributed by atoms with Crippen LogP contribution in [-0.4, -0.2) is 62.7 Å². The Labute approximate surface area is 156 Å². The molecule has 9 heteroatoms. The third-order valence-corrected chi connectivity index (χ3v) is 4.64. The molecule has 1 aromatic heterocycles. The Hall–Kier alpha value is -2.36. The largest absolute Gasteiger partial charge is 0.493 e. The summed E-state index contributed by atoms with van der Waals surface area (Å²) in [7, 11) is 1.63. The highest BCUT2D eigenvalue weighted by Crippen LogP contribution is 2.30. The maximum absolute atomic E-state index is 6.01. The van der Waals surface area contributed by atoms with Gasteiger partial charge in [-0.25, -0.2) is 4.98 Å². The first-order valence-corrected chi connectivity index (χ1v) is 9.24. The van der Waals surface area contributed by atoms with Gasteiger partial charge in [-0.15, -0.1) is 11.3 Å². The van der Waals surface area contributed by atoms with Crippen LogP contribution in [0.1, 0.15) is 5.56 Å². The quantitative estimate of drug-likeness (QED) is 0.536. The summed E-state index contributed by atoms with van der Waals surface area (Å²) in [6, 6.07) is 5.70. The fourth-order valence-corrected chi connectivity index (χ4v) is 3.09. The number of para-hydroxylation sites is 1. The highest BCUT2D eigenvalue weighted by Gasteiger charge is 2.13. The van der Waals surface area contributed by atoms with Crippen molar-refractivity contribution in [2.45, 2.75) is 0 Å². The van der Waals surface area contributed by atoms with Crippen LogP contribution < -0.4 is 20.6 Å². The van der Waals surface area contributed by atoms with E-state index in [1.54, 1.807) is 18.7 Å². The molecule has 0 unspecified atom stereocenters. The topological polar surface area (TPSA) is 94.2 Å². The lowest BCUT2D eigenvalue weighted by atomic mass is 10.2. The molecule has 2 aromatic rings. The molecule has 0 spiro atoms.